The second-order valence-electron chi connectivity index (χ2n) is 6.28. The predicted octanol–water partition coefficient (Wildman–Crippen LogP) is 4.51. The summed E-state index contributed by atoms with van der Waals surface area (Å²) in [7, 11) is 0. The molecule has 2 aromatic rings. The van der Waals surface area contributed by atoms with Gasteiger partial charge in [-0.2, -0.15) is 0 Å². The summed E-state index contributed by atoms with van der Waals surface area (Å²) in [4.78, 5) is 11.4. The second-order valence-corrected chi connectivity index (χ2v) is 6.28. The summed E-state index contributed by atoms with van der Waals surface area (Å²) in [6, 6.07) is 13.7. The van der Waals surface area contributed by atoms with E-state index in [0.29, 0.717) is 11.3 Å². The molecule has 0 amide bonds. The summed E-state index contributed by atoms with van der Waals surface area (Å²) in [5.41, 5.74) is 10.2. The standard InChI is InChI=1S/C18H22N2O/c1-12(21)14-10-9-13(11-16(14)19)20-17-8-6-5-7-15(17)18(2,3)4/h5-11,20H,19H2,1-4H3. The number of hydrogen-bond donors (Lipinski definition) is 2. The SMILES string of the molecule is CC(=O)c1ccc(Nc2ccccc2C(C)(C)C)cc1N. The molecule has 0 unspecified atom stereocenters. The number of benzene rings is 2. The molecule has 0 aliphatic carbocycles. The van der Waals surface area contributed by atoms with Crippen LogP contribution in [0.2, 0.25) is 0 Å². The summed E-state index contributed by atoms with van der Waals surface area (Å²) in [5, 5.41) is 3.39. The van der Waals surface area contributed by atoms with Gasteiger partial charge in [-0.1, -0.05) is 39.0 Å². The highest BCUT2D eigenvalue weighted by Crippen LogP contribution is 2.32. The van der Waals surface area contributed by atoms with Crippen LogP contribution in [0.25, 0.3) is 0 Å². The average molecular weight is 282 g/mol. The van der Waals surface area contributed by atoms with E-state index < -0.39 is 0 Å². The Kier molecular flexibility index (Phi) is 4.03. The highest BCUT2D eigenvalue weighted by atomic mass is 16.1. The van der Waals surface area contributed by atoms with Gasteiger partial charge in [0.05, 0.1) is 0 Å². The second kappa shape index (κ2) is 5.60. The van der Waals surface area contributed by atoms with Crippen LogP contribution >= 0.6 is 0 Å². The van der Waals surface area contributed by atoms with Crippen LogP contribution in [0.4, 0.5) is 17.1 Å². The fourth-order valence-corrected chi connectivity index (χ4v) is 2.36. The molecule has 21 heavy (non-hydrogen) atoms. The zero-order chi connectivity index (χ0) is 15.6. The predicted molar refractivity (Wildman–Crippen MR) is 89.3 cm³/mol. The van der Waals surface area contributed by atoms with Crippen molar-refractivity contribution in [3.8, 4) is 0 Å². The van der Waals surface area contributed by atoms with Crippen LogP contribution < -0.4 is 11.1 Å². The number of carbonyl (C=O) groups is 1. The van der Waals surface area contributed by atoms with Crippen LogP contribution in [0, 0.1) is 0 Å². The first kappa shape index (κ1) is 15.1. The van der Waals surface area contributed by atoms with E-state index in [9.17, 15) is 4.79 Å². The number of ketones is 1. The maximum atomic E-state index is 11.4. The lowest BCUT2D eigenvalue weighted by atomic mass is 9.86. The largest absolute Gasteiger partial charge is 0.398 e. The summed E-state index contributed by atoms with van der Waals surface area (Å²) in [5.74, 6) is -0.0193. The highest BCUT2D eigenvalue weighted by Gasteiger charge is 2.17. The van der Waals surface area contributed by atoms with Gasteiger partial charge in [-0.05, 0) is 42.2 Å². The number of carbonyl (C=O) groups excluding carboxylic acids is 1. The molecule has 0 spiro atoms. The van der Waals surface area contributed by atoms with Crippen molar-refractivity contribution in [2.45, 2.75) is 33.1 Å². The Bertz CT molecular complexity index is 669. The Morgan fingerprint density at radius 2 is 1.76 bits per heavy atom. The molecule has 0 atom stereocenters. The molecule has 2 rings (SSSR count). The van der Waals surface area contributed by atoms with Crippen molar-refractivity contribution in [3.05, 3.63) is 53.6 Å². The van der Waals surface area contributed by atoms with Gasteiger partial charge in [-0.25, -0.2) is 0 Å². The van der Waals surface area contributed by atoms with Gasteiger partial charge in [0.1, 0.15) is 0 Å². The third-order valence-corrected chi connectivity index (χ3v) is 3.44. The van der Waals surface area contributed by atoms with E-state index in [0.717, 1.165) is 11.4 Å². The Morgan fingerprint density at radius 3 is 2.33 bits per heavy atom. The topological polar surface area (TPSA) is 55.1 Å². The third kappa shape index (κ3) is 3.43. The van der Waals surface area contributed by atoms with Crippen molar-refractivity contribution < 1.29 is 4.79 Å². The monoisotopic (exact) mass is 282 g/mol. The van der Waals surface area contributed by atoms with E-state index in [-0.39, 0.29) is 11.2 Å². The number of para-hydroxylation sites is 1. The third-order valence-electron chi connectivity index (χ3n) is 3.44. The fraction of sp³-hybridized carbons (Fsp3) is 0.278. The molecule has 0 radical (unpaired) electrons. The van der Waals surface area contributed by atoms with Gasteiger partial charge in [-0.3, -0.25) is 4.79 Å². The van der Waals surface area contributed by atoms with Crippen molar-refractivity contribution in [1.29, 1.82) is 0 Å². The number of nitrogen functional groups attached to an aromatic ring is 1. The number of Topliss-reactive ketones (excluding diaryl/α,β-unsaturated/α-hetero) is 1. The zero-order valence-electron chi connectivity index (χ0n) is 13.0. The maximum Gasteiger partial charge on any atom is 0.161 e. The molecule has 3 N–H and O–H groups in total. The maximum absolute atomic E-state index is 11.4. The van der Waals surface area contributed by atoms with Gasteiger partial charge < -0.3 is 11.1 Å². The van der Waals surface area contributed by atoms with Crippen LogP contribution in [-0.4, -0.2) is 5.78 Å². The molecular weight excluding hydrogens is 260 g/mol. The Labute approximate surface area is 126 Å². The van der Waals surface area contributed by atoms with Gasteiger partial charge in [0, 0.05) is 22.6 Å². The van der Waals surface area contributed by atoms with E-state index in [1.165, 1.54) is 12.5 Å². The zero-order valence-corrected chi connectivity index (χ0v) is 13.0. The fourth-order valence-electron chi connectivity index (χ4n) is 2.36. The lowest BCUT2D eigenvalue weighted by Gasteiger charge is -2.23. The van der Waals surface area contributed by atoms with Crippen LogP contribution in [0.3, 0.4) is 0 Å². The highest BCUT2D eigenvalue weighted by molar-refractivity contribution is 5.99. The Morgan fingerprint density at radius 1 is 1.10 bits per heavy atom. The lowest BCUT2D eigenvalue weighted by molar-refractivity contribution is 0.101. The van der Waals surface area contributed by atoms with Gasteiger partial charge in [0.2, 0.25) is 0 Å². The quantitative estimate of drug-likeness (QED) is 0.643. The summed E-state index contributed by atoms with van der Waals surface area (Å²) in [6.07, 6.45) is 0. The van der Waals surface area contributed by atoms with E-state index in [4.69, 9.17) is 5.73 Å². The number of nitrogens with one attached hydrogen (secondary N) is 1. The molecule has 0 heterocycles. The number of rotatable bonds is 3. The van der Waals surface area contributed by atoms with Crippen molar-refractivity contribution in [2.24, 2.45) is 0 Å². The molecule has 110 valence electrons. The summed E-state index contributed by atoms with van der Waals surface area (Å²) in [6.45, 7) is 8.07. The van der Waals surface area contributed by atoms with Crippen LogP contribution in [-0.2, 0) is 5.41 Å². The molecule has 0 fully saturated rings. The Balaban J connectivity index is 2.35. The minimum Gasteiger partial charge on any atom is -0.398 e. The molecule has 0 saturated heterocycles. The van der Waals surface area contributed by atoms with Gasteiger partial charge in [0.15, 0.2) is 5.78 Å². The molecule has 0 aliphatic rings. The summed E-state index contributed by atoms with van der Waals surface area (Å²) < 4.78 is 0. The minimum absolute atomic E-state index is 0.0193. The first-order chi connectivity index (χ1) is 9.79. The van der Waals surface area contributed by atoms with E-state index >= 15 is 0 Å². The van der Waals surface area contributed by atoms with Crippen molar-refractivity contribution in [3.63, 3.8) is 0 Å². The van der Waals surface area contributed by atoms with E-state index in [1.807, 2.05) is 18.2 Å². The van der Waals surface area contributed by atoms with Crippen molar-refractivity contribution >= 4 is 22.8 Å². The normalized spacial score (nSPS) is 11.2. The van der Waals surface area contributed by atoms with E-state index in [2.05, 4.69) is 38.2 Å². The molecule has 2 aromatic carbocycles. The van der Waals surface area contributed by atoms with Crippen molar-refractivity contribution in [2.75, 3.05) is 11.1 Å². The first-order valence-electron chi connectivity index (χ1n) is 7.06. The first-order valence-corrected chi connectivity index (χ1v) is 7.06. The molecule has 0 bridgehead atoms. The van der Waals surface area contributed by atoms with Gasteiger partial charge >= 0.3 is 0 Å². The van der Waals surface area contributed by atoms with Crippen LogP contribution in [0.15, 0.2) is 42.5 Å². The number of anilines is 3. The average Bonchev–Trinajstić information content (AvgIpc) is 2.37. The van der Waals surface area contributed by atoms with Gasteiger partial charge in [-0.15, -0.1) is 0 Å². The van der Waals surface area contributed by atoms with Crippen molar-refractivity contribution in [1.82, 2.24) is 0 Å². The molecule has 3 heteroatoms. The minimum atomic E-state index is -0.0193. The smallest absolute Gasteiger partial charge is 0.161 e. The van der Waals surface area contributed by atoms with Gasteiger partial charge in [0.25, 0.3) is 0 Å². The lowest BCUT2D eigenvalue weighted by Crippen LogP contribution is -2.13. The number of nitrogens with two attached hydrogens (primary N) is 1. The van der Waals surface area contributed by atoms with Crippen LogP contribution in [0.5, 0.6) is 0 Å². The Hall–Kier alpha value is -2.29. The van der Waals surface area contributed by atoms with E-state index in [1.54, 1.807) is 12.1 Å². The number of hydrogen-bond acceptors (Lipinski definition) is 3. The van der Waals surface area contributed by atoms with Crippen LogP contribution in [0.1, 0.15) is 43.6 Å². The molecule has 3 nitrogen and oxygen atoms in total. The molecular formula is C18H22N2O. The molecule has 0 aromatic heterocycles. The summed E-state index contributed by atoms with van der Waals surface area (Å²) >= 11 is 0. The molecule has 0 aliphatic heterocycles. The molecule has 0 saturated carbocycles.